The average Bonchev–Trinajstić information content (AvgIpc) is 2.78. The van der Waals surface area contributed by atoms with Crippen molar-refractivity contribution < 1.29 is 9.59 Å². The monoisotopic (exact) mass is 442 g/mol. The number of nitrogens with one attached hydrogen (secondary N) is 1. The number of benzene rings is 1. The number of carbonyl (C=O) groups is 2. The van der Waals surface area contributed by atoms with Crippen LogP contribution in [0.4, 0.5) is 5.82 Å². The van der Waals surface area contributed by atoms with Crippen LogP contribution in [0, 0.1) is 5.92 Å². The van der Waals surface area contributed by atoms with Crippen LogP contribution in [-0.4, -0.2) is 54.4 Å². The zero-order valence-electron chi connectivity index (χ0n) is 18.5. The second-order valence-corrected chi connectivity index (χ2v) is 8.87. The maximum Gasteiger partial charge on any atom is 0.252 e. The molecule has 2 aromatic rings. The first kappa shape index (κ1) is 23.1. The molecule has 0 bridgehead atoms. The molecular formula is C24H31ClN4O2. The summed E-state index contributed by atoms with van der Waals surface area (Å²) in [6.45, 7) is 9.60. The number of halogens is 1. The Hall–Kier alpha value is -2.60. The molecule has 1 atom stereocenters. The number of carbonyl (C=O) groups excluding carboxylic acids is 2. The molecule has 7 heteroatoms. The summed E-state index contributed by atoms with van der Waals surface area (Å²) in [5.41, 5.74) is 1.54. The molecule has 1 fully saturated rings. The molecule has 0 spiro atoms. The van der Waals surface area contributed by atoms with Gasteiger partial charge in [-0.2, -0.15) is 0 Å². The lowest BCUT2D eigenvalue weighted by Gasteiger charge is -2.36. The molecule has 0 radical (unpaired) electrons. The SMILES string of the molecule is CC(C)CCNC(=O)c1ccc(N2CCN(C(=O)C(C)c3ccc(Cl)cc3)CC2)nc1. The molecule has 1 N–H and O–H groups in total. The van der Waals surface area contributed by atoms with Crippen LogP contribution in [0.15, 0.2) is 42.6 Å². The molecule has 166 valence electrons. The minimum Gasteiger partial charge on any atom is -0.353 e. The lowest BCUT2D eigenvalue weighted by atomic mass is 9.99. The Labute approximate surface area is 189 Å². The number of nitrogens with zero attached hydrogens (tertiary/aromatic N) is 3. The van der Waals surface area contributed by atoms with Crippen molar-refractivity contribution in [2.75, 3.05) is 37.6 Å². The van der Waals surface area contributed by atoms with E-state index in [1.54, 1.807) is 6.20 Å². The van der Waals surface area contributed by atoms with Crippen LogP contribution in [0.3, 0.4) is 0 Å². The highest BCUT2D eigenvalue weighted by Crippen LogP contribution is 2.22. The third kappa shape index (κ3) is 6.20. The van der Waals surface area contributed by atoms with Crippen LogP contribution in [-0.2, 0) is 4.79 Å². The van der Waals surface area contributed by atoms with Gasteiger partial charge in [0.05, 0.1) is 11.5 Å². The van der Waals surface area contributed by atoms with E-state index in [1.807, 2.05) is 48.2 Å². The van der Waals surface area contributed by atoms with Crippen molar-refractivity contribution in [2.24, 2.45) is 5.92 Å². The van der Waals surface area contributed by atoms with Crippen LogP contribution in [0.2, 0.25) is 5.02 Å². The number of rotatable bonds is 7. The van der Waals surface area contributed by atoms with Gasteiger partial charge in [0.25, 0.3) is 5.91 Å². The second kappa shape index (κ2) is 10.6. The van der Waals surface area contributed by atoms with Gasteiger partial charge in [0, 0.05) is 43.9 Å². The molecule has 2 heterocycles. The number of amides is 2. The van der Waals surface area contributed by atoms with Crippen molar-refractivity contribution in [1.82, 2.24) is 15.2 Å². The van der Waals surface area contributed by atoms with E-state index in [1.165, 1.54) is 0 Å². The summed E-state index contributed by atoms with van der Waals surface area (Å²) in [6.07, 6.45) is 2.58. The number of piperazine rings is 1. The Morgan fingerprint density at radius 3 is 2.29 bits per heavy atom. The van der Waals surface area contributed by atoms with Gasteiger partial charge < -0.3 is 15.1 Å². The van der Waals surface area contributed by atoms with E-state index in [0.29, 0.717) is 49.2 Å². The minimum atomic E-state index is -0.199. The van der Waals surface area contributed by atoms with Crippen molar-refractivity contribution in [1.29, 1.82) is 0 Å². The van der Waals surface area contributed by atoms with Gasteiger partial charge in [-0.3, -0.25) is 9.59 Å². The van der Waals surface area contributed by atoms with E-state index in [0.717, 1.165) is 17.8 Å². The average molecular weight is 443 g/mol. The van der Waals surface area contributed by atoms with Crippen LogP contribution in [0.25, 0.3) is 0 Å². The molecule has 1 saturated heterocycles. The highest BCUT2D eigenvalue weighted by atomic mass is 35.5. The molecule has 1 aromatic heterocycles. The van der Waals surface area contributed by atoms with Crippen molar-refractivity contribution >= 4 is 29.2 Å². The first-order valence-corrected chi connectivity index (χ1v) is 11.3. The Kier molecular flexibility index (Phi) is 7.91. The first-order chi connectivity index (χ1) is 14.8. The molecule has 3 rings (SSSR count). The Morgan fingerprint density at radius 2 is 1.71 bits per heavy atom. The second-order valence-electron chi connectivity index (χ2n) is 8.43. The van der Waals surface area contributed by atoms with Gasteiger partial charge >= 0.3 is 0 Å². The molecule has 1 aromatic carbocycles. The Morgan fingerprint density at radius 1 is 1.03 bits per heavy atom. The fourth-order valence-electron chi connectivity index (χ4n) is 3.61. The number of anilines is 1. The summed E-state index contributed by atoms with van der Waals surface area (Å²) in [6, 6.07) is 11.1. The maximum absolute atomic E-state index is 12.9. The summed E-state index contributed by atoms with van der Waals surface area (Å²) in [4.78, 5) is 33.6. The smallest absolute Gasteiger partial charge is 0.252 e. The van der Waals surface area contributed by atoms with Crippen molar-refractivity contribution in [3.8, 4) is 0 Å². The fraction of sp³-hybridized carbons (Fsp3) is 0.458. The zero-order valence-corrected chi connectivity index (χ0v) is 19.2. The normalized spacial score (nSPS) is 15.1. The number of hydrogen-bond donors (Lipinski definition) is 1. The van der Waals surface area contributed by atoms with Crippen molar-refractivity contribution in [3.63, 3.8) is 0 Å². The molecule has 0 aliphatic carbocycles. The van der Waals surface area contributed by atoms with Crippen LogP contribution < -0.4 is 10.2 Å². The molecule has 2 amide bonds. The highest BCUT2D eigenvalue weighted by molar-refractivity contribution is 6.30. The van der Waals surface area contributed by atoms with Gasteiger partial charge in [0.15, 0.2) is 0 Å². The third-order valence-electron chi connectivity index (χ3n) is 5.67. The summed E-state index contributed by atoms with van der Waals surface area (Å²) in [7, 11) is 0. The quantitative estimate of drug-likeness (QED) is 0.704. The van der Waals surface area contributed by atoms with Gasteiger partial charge in [0.2, 0.25) is 5.91 Å². The van der Waals surface area contributed by atoms with E-state index in [2.05, 4.69) is 29.0 Å². The summed E-state index contributed by atoms with van der Waals surface area (Å²) in [5, 5.41) is 3.60. The van der Waals surface area contributed by atoms with Gasteiger partial charge in [-0.25, -0.2) is 4.98 Å². The van der Waals surface area contributed by atoms with Crippen molar-refractivity contribution in [2.45, 2.75) is 33.1 Å². The zero-order chi connectivity index (χ0) is 22.4. The molecule has 0 saturated carbocycles. The third-order valence-corrected chi connectivity index (χ3v) is 5.93. The van der Waals surface area contributed by atoms with E-state index in [4.69, 9.17) is 11.6 Å². The number of aromatic nitrogens is 1. The lowest BCUT2D eigenvalue weighted by Crippen LogP contribution is -2.50. The van der Waals surface area contributed by atoms with Gasteiger partial charge in [-0.15, -0.1) is 0 Å². The summed E-state index contributed by atoms with van der Waals surface area (Å²) < 4.78 is 0. The largest absolute Gasteiger partial charge is 0.353 e. The van der Waals surface area contributed by atoms with Crippen LogP contribution in [0.1, 0.15) is 49.0 Å². The first-order valence-electron chi connectivity index (χ1n) is 10.9. The predicted octanol–water partition coefficient (Wildman–Crippen LogP) is 3.96. The predicted molar refractivity (Wildman–Crippen MR) is 125 cm³/mol. The van der Waals surface area contributed by atoms with E-state index in [9.17, 15) is 9.59 Å². The van der Waals surface area contributed by atoms with Gasteiger partial charge in [-0.1, -0.05) is 37.6 Å². The van der Waals surface area contributed by atoms with E-state index < -0.39 is 0 Å². The van der Waals surface area contributed by atoms with E-state index in [-0.39, 0.29) is 17.7 Å². The van der Waals surface area contributed by atoms with Gasteiger partial charge in [-0.05, 0) is 49.1 Å². The molecule has 1 unspecified atom stereocenters. The molecule has 1 aliphatic heterocycles. The molecule has 6 nitrogen and oxygen atoms in total. The summed E-state index contributed by atoms with van der Waals surface area (Å²) in [5.74, 6) is 1.22. The van der Waals surface area contributed by atoms with Crippen molar-refractivity contribution in [3.05, 3.63) is 58.7 Å². The molecular weight excluding hydrogens is 412 g/mol. The number of pyridine rings is 1. The van der Waals surface area contributed by atoms with E-state index >= 15 is 0 Å². The number of hydrogen-bond acceptors (Lipinski definition) is 4. The molecule has 31 heavy (non-hydrogen) atoms. The van der Waals surface area contributed by atoms with Gasteiger partial charge in [0.1, 0.15) is 5.82 Å². The van der Waals surface area contributed by atoms with Crippen LogP contribution >= 0.6 is 11.6 Å². The minimum absolute atomic E-state index is 0.0914. The highest BCUT2D eigenvalue weighted by Gasteiger charge is 2.26. The fourth-order valence-corrected chi connectivity index (χ4v) is 3.73. The molecule has 1 aliphatic rings. The Bertz CT molecular complexity index is 875. The standard InChI is InChI=1S/C24H31ClN4O2/c1-17(2)10-11-26-23(30)20-6-9-22(27-16-20)28-12-14-29(15-13-28)24(31)18(3)19-4-7-21(25)8-5-19/h4-9,16-18H,10-15H2,1-3H3,(H,26,30). The van der Waals surface area contributed by atoms with Crippen LogP contribution in [0.5, 0.6) is 0 Å². The Balaban J connectivity index is 1.51. The topological polar surface area (TPSA) is 65.5 Å². The summed E-state index contributed by atoms with van der Waals surface area (Å²) >= 11 is 5.95. The lowest BCUT2D eigenvalue weighted by molar-refractivity contribution is -0.132. The maximum atomic E-state index is 12.9.